The molecule has 3 aromatic carbocycles. The first kappa shape index (κ1) is 31.0. The van der Waals surface area contributed by atoms with Crippen molar-refractivity contribution in [2.45, 2.75) is 70.3 Å². The molecule has 2 fully saturated rings. The lowest BCUT2D eigenvalue weighted by Crippen LogP contribution is -2.42. The zero-order valence-corrected chi connectivity index (χ0v) is 26.0. The third kappa shape index (κ3) is 8.14. The van der Waals surface area contributed by atoms with Crippen LogP contribution in [0.2, 0.25) is 5.02 Å². The molecule has 0 saturated carbocycles. The molecule has 0 bridgehead atoms. The summed E-state index contributed by atoms with van der Waals surface area (Å²) in [4.78, 5) is 43.2. The molecule has 228 valence electrons. The first-order valence-electron chi connectivity index (χ1n) is 15.9. The summed E-state index contributed by atoms with van der Waals surface area (Å²) in [6.07, 6.45) is 6.58. The molecular weight excluding hydrogens is 560 g/mol. The monoisotopic (exact) mass is 603 g/mol. The van der Waals surface area contributed by atoms with Gasteiger partial charge >= 0.3 is 0 Å². The van der Waals surface area contributed by atoms with Gasteiger partial charge in [-0.15, -0.1) is 5.01 Å². The fraction of sp³-hybridized carbons (Fsp3) is 0.486. The van der Waals surface area contributed by atoms with E-state index in [0.717, 1.165) is 49.5 Å². The van der Waals surface area contributed by atoms with E-state index in [4.69, 9.17) is 11.6 Å². The Morgan fingerprint density at radius 1 is 0.977 bits per heavy atom. The first-order chi connectivity index (χ1) is 20.9. The SMILES string of the molecule is CC[C@H](CN1CC[C@H](CNC(=O)c2ccc3cc(Cl)ccc3c2)C[C@H](CCC(=O)N2CCCCC2)[N+]1=O)c1ccccc1. The number of nitrogens with zero attached hydrogens (tertiary/aromatic N) is 3. The summed E-state index contributed by atoms with van der Waals surface area (Å²) in [6.45, 7) is 5.57. The van der Waals surface area contributed by atoms with Crippen molar-refractivity contribution in [3.05, 3.63) is 87.8 Å². The Labute approximate surface area is 260 Å². The van der Waals surface area contributed by atoms with Crippen molar-refractivity contribution < 1.29 is 14.5 Å². The van der Waals surface area contributed by atoms with Gasteiger partial charge in [0, 0.05) is 55.4 Å². The number of rotatable bonds is 10. The number of carbonyl (C=O) groups excluding carboxylic acids is 2. The third-order valence-corrected chi connectivity index (χ3v) is 9.44. The molecule has 1 N–H and O–H groups in total. The van der Waals surface area contributed by atoms with Crippen LogP contribution in [0.1, 0.15) is 80.1 Å². The highest BCUT2D eigenvalue weighted by atomic mass is 35.5. The maximum atomic E-state index is 13.9. The fourth-order valence-electron chi connectivity index (χ4n) is 6.58. The summed E-state index contributed by atoms with van der Waals surface area (Å²) in [5.41, 5.74) is 1.84. The number of piperidine rings is 1. The zero-order chi connectivity index (χ0) is 30.2. The average molecular weight is 604 g/mol. The highest BCUT2D eigenvalue weighted by Gasteiger charge is 2.39. The van der Waals surface area contributed by atoms with Gasteiger partial charge in [-0.05, 0) is 78.6 Å². The summed E-state index contributed by atoms with van der Waals surface area (Å²) in [5.74, 6) is 0.412. The van der Waals surface area contributed by atoms with Crippen LogP contribution >= 0.6 is 11.6 Å². The van der Waals surface area contributed by atoms with Crippen molar-refractivity contribution in [2.75, 3.05) is 32.7 Å². The summed E-state index contributed by atoms with van der Waals surface area (Å²) in [7, 11) is 0. The number of halogens is 1. The van der Waals surface area contributed by atoms with Crippen molar-refractivity contribution in [1.82, 2.24) is 15.2 Å². The van der Waals surface area contributed by atoms with Gasteiger partial charge in [0.2, 0.25) is 11.9 Å². The molecule has 0 aromatic heterocycles. The number of hydrogen-bond donors (Lipinski definition) is 1. The highest BCUT2D eigenvalue weighted by molar-refractivity contribution is 6.31. The predicted octanol–water partition coefficient (Wildman–Crippen LogP) is 6.98. The summed E-state index contributed by atoms with van der Waals surface area (Å²) in [5, 5.41) is 7.71. The number of nitroso groups, excluding NO2 is 1. The van der Waals surface area contributed by atoms with E-state index in [2.05, 4.69) is 24.4 Å². The topological polar surface area (TPSA) is 72.7 Å². The van der Waals surface area contributed by atoms with Gasteiger partial charge in [0.1, 0.15) is 4.87 Å². The zero-order valence-electron chi connectivity index (χ0n) is 25.2. The Balaban J connectivity index is 1.26. The molecule has 3 atom stereocenters. The van der Waals surface area contributed by atoms with Crippen LogP contribution < -0.4 is 5.32 Å². The lowest BCUT2D eigenvalue weighted by atomic mass is 9.94. The Hall–Kier alpha value is -3.45. The van der Waals surface area contributed by atoms with Crippen molar-refractivity contribution in [3.8, 4) is 0 Å². The minimum atomic E-state index is -0.308. The number of benzene rings is 3. The molecule has 5 rings (SSSR count). The second-order valence-electron chi connectivity index (χ2n) is 12.2. The molecule has 2 aliphatic rings. The van der Waals surface area contributed by atoms with Crippen LogP contribution in [-0.4, -0.2) is 65.4 Å². The average Bonchev–Trinajstić information content (AvgIpc) is 3.19. The third-order valence-electron chi connectivity index (χ3n) is 9.20. The number of amides is 2. The summed E-state index contributed by atoms with van der Waals surface area (Å²) >= 11 is 6.12. The molecule has 0 radical (unpaired) electrons. The quantitative estimate of drug-likeness (QED) is 0.254. The van der Waals surface area contributed by atoms with Gasteiger partial charge in [-0.3, -0.25) is 9.59 Å². The van der Waals surface area contributed by atoms with Gasteiger partial charge in [-0.1, -0.05) is 61.0 Å². The summed E-state index contributed by atoms with van der Waals surface area (Å²) < 4.78 is 0. The van der Waals surface area contributed by atoms with Gasteiger partial charge in [0.25, 0.3) is 5.91 Å². The Morgan fingerprint density at radius 2 is 1.72 bits per heavy atom. The first-order valence-corrected chi connectivity index (χ1v) is 16.3. The van der Waals surface area contributed by atoms with E-state index in [-0.39, 0.29) is 29.7 Å². The van der Waals surface area contributed by atoms with Gasteiger partial charge in [0.15, 0.2) is 0 Å². The van der Waals surface area contributed by atoms with Gasteiger partial charge in [-0.2, -0.15) is 0 Å². The van der Waals surface area contributed by atoms with Crippen LogP contribution in [-0.2, 0) is 4.79 Å². The van der Waals surface area contributed by atoms with Crippen LogP contribution in [0, 0.1) is 10.8 Å². The van der Waals surface area contributed by atoms with E-state index < -0.39 is 0 Å². The molecule has 0 spiro atoms. The van der Waals surface area contributed by atoms with Crippen molar-refractivity contribution in [1.29, 1.82) is 0 Å². The molecular formula is C35H44ClN4O3+. The molecule has 2 saturated heterocycles. The van der Waals surface area contributed by atoms with Crippen molar-refractivity contribution >= 4 is 34.2 Å². The van der Waals surface area contributed by atoms with Gasteiger partial charge in [-0.25, -0.2) is 0 Å². The molecule has 0 aliphatic carbocycles. The van der Waals surface area contributed by atoms with E-state index in [0.29, 0.717) is 49.5 Å². The number of fused-ring (bicyclic) bond motifs is 1. The van der Waals surface area contributed by atoms with Crippen LogP contribution in [0.3, 0.4) is 0 Å². The smallest absolute Gasteiger partial charge is 0.251 e. The molecule has 8 heteroatoms. The van der Waals surface area contributed by atoms with E-state index >= 15 is 0 Å². The second-order valence-corrected chi connectivity index (χ2v) is 12.6. The molecule has 2 amide bonds. The fourth-order valence-corrected chi connectivity index (χ4v) is 6.76. The van der Waals surface area contributed by atoms with Crippen LogP contribution in [0.5, 0.6) is 0 Å². The van der Waals surface area contributed by atoms with E-state index in [1.807, 2.05) is 64.5 Å². The Kier molecular flexibility index (Phi) is 10.7. The number of hydrogen-bond acceptors (Lipinski definition) is 3. The number of likely N-dealkylation sites (tertiary alicyclic amines) is 1. The molecule has 0 unspecified atom stereocenters. The normalized spacial score (nSPS) is 20.1. The van der Waals surface area contributed by atoms with Gasteiger partial charge < -0.3 is 10.2 Å². The Bertz CT molecular complexity index is 1410. The summed E-state index contributed by atoms with van der Waals surface area (Å²) in [6, 6.07) is 21.3. The lowest BCUT2D eigenvalue weighted by Gasteiger charge is -2.27. The maximum absolute atomic E-state index is 13.9. The minimum absolute atomic E-state index is 0.121. The van der Waals surface area contributed by atoms with Crippen LogP contribution in [0.4, 0.5) is 0 Å². The predicted molar refractivity (Wildman–Crippen MR) is 172 cm³/mol. The largest absolute Gasteiger partial charge is 0.352 e. The molecule has 3 aromatic rings. The highest BCUT2D eigenvalue weighted by Crippen LogP contribution is 2.27. The molecule has 43 heavy (non-hydrogen) atoms. The van der Waals surface area contributed by atoms with Crippen LogP contribution in [0.25, 0.3) is 10.8 Å². The second kappa shape index (κ2) is 14.8. The molecule has 2 aliphatic heterocycles. The minimum Gasteiger partial charge on any atom is -0.352 e. The molecule has 7 nitrogen and oxygen atoms in total. The van der Waals surface area contributed by atoms with Crippen molar-refractivity contribution in [3.63, 3.8) is 0 Å². The van der Waals surface area contributed by atoms with Gasteiger partial charge in [0.05, 0.1) is 18.0 Å². The van der Waals surface area contributed by atoms with Crippen LogP contribution in [0.15, 0.2) is 66.7 Å². The van der Waals surface area contributed by atoms with E-state index in [9.17, 15) is 14.5 Å². The van der Waals surface area contributed by atoms with E-state index in [1.165, 1.54) is 16.9 Å². The molecule has 2 heterocycles. The number of hydrazine groups is 1. The maximum Gasteiger partial charge on any atom is 0.251 e. The Morgan fingerprint density at radius 3 is 2.49 bits per heavy atom. The standard InChI is InChI=1S/C35H43ClN4O3/c1-2-27(28-9-5-3-6-10-28)25-39-20-17-26(21-33(40(39)43)15-16-34(41)38-18-7-4-8-19-38)24-37-35(42)31-12-11-30-23-32(36)14-13-29(30)22-31/h3,5-6,9-14,22-23,26-27,33H,2,4,7-8,15-21,24-25H2,1H3/p+1/t26-,27+,33-/m0/s1. The van der Waals surface area contributed by atoms with Crippen molar-refractivity contribution in [2.24, 2.45) is 5.92 Å². The van der Waals surface area contributed by atoms with E-state index in [1.54, 1.807) is 0 Å². The number of carbonyl (C=O) groups is 2. The number of nitrogens with one attached hydrogen (secondary N) is 1. The lowest BCUT2D eigenvalue weighted by molar-refractivity contribution is -0.734.